The lowest BCUT2D eigenvalue weighted by molar-refractivity contribution is -0.136. The third-order valence-electron chi connectivity index (χ3n) is 6.37. The summed E-state index contributed by atoms with van der Waals surface area (Å²) in [4.78, 5) is 18.9. The summed E-state index contributed by atoms with van der Waals surface area (Å²) in [5.74, 6) is 1.44. The van der Waals surface area contributed by atoms with Crippen molar-refractivity contribution in [2.75, 3.05) is 19.6 Å². The molecular formula is C22H32ClN3O. The minimum Gasteiger partial charge on any atom is -0.357 e. The molecule has 2 aromatic rings. The number of carbonyl (C=O) groups is 1. The fourth-order valence-corrected chi connectivity index (χ4v) is 4.75. The summed E-state index contributed by atoms with van der Waals surface area (Å²) in [6, 6.07) is 10.8. The molecule has 3 atom stereocenters. The van der Waals surface area contributed by atoms with Crippen LogP contribution >= 0.6 is 12.4 Å². The number of nitrogens with zero attached hydrogens (tertiary/aromatic N) is 1. The first-order valence-corrected chi connectivity index (χ1v) is 10.3. The molecule has 0 spiro atoms. The van der Waals surface area contributed by atoms with Crippen LogP contribution in [-0.4, -0.2) is 35.4 Å². The zero-order valence-electron chi connectivity index (χ0n) is 16.2. The highest BCUT2D eigenvalue weighted by Gasteiger charge is 2.31. The van der Waals surface area contributed by atoms with E-state index in [2.05, 4.69) is 52.5 Å². The van der Waals surface area contributed by atoms with Crippen LogP contribution in [0.15, 0.2) is 30.3 Å². The molecule has 27 heavy (non-hydrogen) atoms. The maximum atomic E-state index is 13.1. The third-order valence-corrected chi connectivity index (χ3v) is 6.37. The van der Waals surface area contributed by atoms with E-state index in [1.807, 2.05) is 0 Å². The van der Waals surface area contributed by atoms with Crippen LogP contribution in [0.3, 0.4) is 0 Å². The molecule has 3 heterocycles. The van der Waals surface area contributed by atoms with E-state index in [-0.39, 0.29) is 18.4 Å². The number of likely N-dealkylation sites (tertiary alicyclic amines) is 1. The topological polar surface area (TPSA) is 48.1 Å². The number of aromatic amines is 1. The van der Waals surface area contributed by atoms with E-state index >= 15 is 0 Å². The average Bonchev–Trinajstić information content (AvgIpc) is 3.12. The molecule has 1 aromatic heterocycles. The number of nitrogens with one attached hydrogen (secondary N) is 2. The summed E-state index contributed by atoms with van der Waals surface area (Å²) in [5.41, 5.74) is 2.37. The molecule has 0 aliphatic carbocycles. The number of fused-ring (bicyclic) bond motifs is 1. The second-order valence-electron chi connectivity index (χ2n) is 8.20. The molecular weight excluding hydrogens is 358 g/mol. The van der Waals surface area contributed by atoms with Crippen molar-refractivity contribution in [2.24, 2.45) is 11.8 Å². The van der Waals surface area contributed by atoms with Crippen molar-refractivity contribution in [2.45, 2.75) is 51.5 Å². The smallest absolute Gasteiger partial charge is 0.223 e. The molecule has 2 aliphatic rings. The van der Waals surface area contributed by atoms with Crippen LogP contribution in [0, 0.1) is 11.8 Å². The molecule has 4 rings (SSSR count). The molecule has 2 aliphatic heterocycles. The van der Waals surface area contributed by atoms with Gasteiger partial charge in [0, 0.05) is 24.2 Å². The van der Waals surface area contributed by atoms with Crippen LogP contribution in [0.1, 0.15) is 57.2 Å². The van der Waals surface area contributed by atoms with Gasteiger partial charge in [-0.25, -0.2) is 0 Å². The number of halogens is 1. The average molecular weight is 390 g/mol. The van der Waals surface area contributed by atoms with Gasteiger partial charge in [0.25, 0.3) is 0 Å². The lowest BCUT2D eigenvalue weighted by Crippen LogP contribution is -2.41. The fraction of sp³-hybridized carbons (Fsp3) is 0.591. The lowest BCUT2D eigenvalue weighted by Gasteiger charge is -2.37. The van der Waals surface area contributed by atoms with Gasteiger partial charge in [0.15, 0.2) is 0 Å². The molecule has 0 radical (unpaired) electrons. The first-order chi connectivity index (χ1) is 12.7. The van der Waals surface area contributed by atoms with E-state index in [0.29, 0.717) is 24.2 Å². The first-order valence-electron chi connectivity index (χ1n) is 10.3. The van der Waals surface area contributed by atoms with Crippen molar-refractivity contribution in [1.29, 1.82) is 0 Å². The summed E-state index contributed by atoms with van der Waals surface area (Å²) in [7, 11) is 0. The van der Waals surface area contributed by atoms with E-state index in [0.717, 1.165) is 32.5 Å². The number of H-pyrrole nitrogens is 1. The van der Waals surface area contributed by atoms with Crippen molar-refractivity contribution in [3.63, 3.8) is 0 Å². The maximum absolute atomic E-state index is 13.1. The number of hydrogen-bond donors (Lipinski definition) is 2. The molecule has 3 unspecified atom stereocenters. The van der Waals surface area contributed by atoms with Crippen LogP contribution in [-0.2, 0) is 4.79 Å². The number of aromatic nitrogens is 1. The van der Waals surface area contributed by atoms with Gasteiger partial charge in [-0.15, -0.1) is 12.4 Å². The molecule has 2 fully saturated rings. The normalized spacial score (nSPS) is 24.4. The number of amides is 1. The summed E-state index contributed by atoms with van der Waals surface area (Å²) in [6.45, 7) is 5.36. The quantitative estimate of drug-likeness (QED) is 0.798. The van der Waals surface area contributed by atoms with Crippen LogP contribution in [0.5, 0.6) is 0 Å². The predicted octanol–water partition coefficient (Wildman–Crippen LogP) is 4.67. The minimum absolute atomic E-state index is 0. The van der Waals surface area contributed by atoms with Gasteiger partial charge < -0.3 is 15.2 Å². The number of hydrogen-bond acceptors (Lipinski definition) is 2. The van der Waals surface area contributed by atoms with E-state index < -0.39 is 0 Å². The second-order valence-corrected chi connectivity index (χ2v) is 8.20. The van der Waals surface area contributed by atoms with Crippen molar-refractivity contribution in [3.8, 4) is 0 Å². The van der Waals surface area contributed by atoms with E-state index in [1.165, 1.54) is 35.9 Å². The molecule has 4 nitrogen and oxygen atoms in total. The van der Waals surface area contributed by atoms with Gasteiger partial charge in [0.05, 0.1) is 6.04 Å². The Balaban J connectivity index is 0.00000210. The van der Waals surface area contributed by atoms with Gasteiger partial charge in [0.1, 0.15) is 0 Å². The van der Waals surface area contributed by atoms with Crippen LogP contribution < -0.4 is 5.32 Å². The molecule has 0 saturated carbocycles. The molecule has 0 bridgehead atoms. The molecule has 1 aromatic carbocycles. The maximum Gasteiger partial charge on any atom is 0.223 e. The van der Waals surface area contributed by atoms with Gasteiger partial charge in [-0.3, -0.25) is 4.79 Å². The SMILES string of the molecule is CC(CC(=O)N1CCCCC1c1cc2ccccc2[nH]1)C1CCCNC1.Cl. The number of rotatable bonds is 4. The Morgan fingerprint density at radius 1 is 1.22 bits per heavy atom. The second kappa shape index (κ2) is 9.11. The number of carbonyl (C=O) groups excluding carboxylic acids is 1. The Labute approximate surface area is 168 Å². The van der Waals surface area contributed by atoms with E-state index in [9.17, 15) is 4.79 Å². The van der Waals surface area contributed by atoms with Crippen LogP contribution in [0.2, 0.25) is 0 Å². The first kappa shape index (κ1) is 20.2. The lowest BCUT2D eigenvalue weighted by atomic mass is 9.85. The predicted molar refractivity (Wildman–Crippen MR) is 113 cm³/mol. The van der Waals surface area contributed by atoms with Crippen LogP contribution in [0.4, 0.5) is 0 Å². The minimum atomic E-state index is 0. The van der Waals surface area contributed by atoms with Crippen molar-refractivity contribution in [3.05, 3.63) is 36.0 Å². The van der Waals surface area contributed by atoms with Gasteiger partial charge in [-0.2, -0.15) is 0 Å². The molecule has 1 amide bonds. The number of benzene rings is 1. The molecule has 2 N–H and O–H groups in total. The number of para-hydroxylation sites is 1. The molecule has 148 valence electrons. The largest absolute Gasteiger partial charge is 0.357 e. The molecule has 5 heteroatoms. The van der Waals surface area contributed by atoms with Gasteiger partial charge in [0.2, 0.25) is 5.91 Å². The summed E-state index contributed by atoms with van der Waals surface area (Å²) in [6.07, 6.45) is 6.58. The van der Waals surface area contributed by atoms with E-state index in [4.69, 9.17) is 0 Å². The van der Waals surface area contributed by atoms with Crippen LogP contribution in [0.25, 0.3) is 10.9 Å². The summed E-state index contributed by atoms with van der Waals surface area (Å²) < 4.78 is 0. The monoisotopic (exact) mass is 389 g/mol. The van der Waals surface area contributed by atoms with Gasteiger partial charge >= 0.3 is 0 Å². The summed E-state index contributed by atoms with van der Waals surface area (Å²) >= 11 is 0. The zero-order chi connectivity index (χ0) is 17.9. The van der Waals surface area contributed by atoms with Crippen molar-refractivity contribution >= 4 is 29.2 Å². The highest BCUT2D eigenvalue weighted by atomic mass is 35.5. The molecule has 2 saturated heterocycles. The Bertz CT molecular complexity index is 720. The van der Waals surface area contributed by atoms with Gasteiger partial charge in [-0.05, 0) is 74.5 Å². The third kappa shape index (κ3) is 4.49. The Hall–Kier alpha value is -1.52. The highest BCUT2D eigenvalue weighted by Crippen LogP contribution is 2.34. The Morgan fingerprint density at radius 3 is 2.85 bits per heavy atom. The number of piperidine rings is 2. The fourth-order valence-electron chi connectivity index (χ4n) is 4.75. The highest BCUT2D eigenvalue weighted by molar-refractivity contribution is 5.85. The summed E-state index contributed by atoms with van der Waals surface area (Å²) in [5, 5.41) is 4.73. The van der Waals surface area contributed by atoms with E-state index in [1.54, 1.807) is 0 Å². The standard InChI is InChI=1S/C22H31N3O.ClH/c1-16(18-8-6-11-23-15-18)13-22(26)25-12-5-4-10-21(25)20-14-17-7-2-3-9-19(17)24-20;/h2-3,7,9,14,16,18,21,23-24H,4-6,8,10-13,15H2,1H3;1H. The Kier molecular flexibility index (Phi) is 6.83. The zero-order valence-corrected chi connectivity index (χ0v) is 17.1. The van der Waals surface area contributed by atoms with Gasteiger partial charge in [-0.1, -0.05) is 25.1 Å². The van der Waals surface area contributed by atoms with Crippen molar-refractivity contribution in [1.82, 2.24) is 15.2 Å². The Morgan fingerprint density at radius 2 is 2.07 bits per heavy atom. The van der Waals surface area contributed by atoms with Crippen molar-refractivity contribution < 1.29 is 4.79 Å².